The van der Waals surface area contributed by atoms with Gasteiger partial charge in [-0.1, -0.05) is 0 Å². The zero-order valence-electron chi connectivity index (χ0n) is 13.6. The summed E-state index contributed by atoms with van der Waals surface area (Å²) < 4.78 is 47.6. The lowest BCUT2D eigenvalue weighted by molar-refractivity contribution is -0.274. The maximum atomic E-state index is 12.3. The number of hydrogen-bond acceptors (Lipinski definition) is 3. The van der Waals surface area contributed by atoms with Gasteiger partial charge < -0.3 is 9.47 Å². The Morgan fingerprint density at radius 2 is 1.62 bits per heavy atom. The smallest absolute Gasteiger partial charge is 0.497 e. The van der Waals surface area contributed by atoms with Crippen molar-refractivity contribution in [1.29, 1.82) is 0 Å². The Morgan fingerprint density at radius 1 is 1.00 bits per heavy atom. The van der Waals surface area contributed by atoms with Gasteiger partial charge in [0.15, 0.2) is 0 Å². The molecule has 0 N–H and O–H groups in total. The van der Waals surface area contributed by atoms with E-state index in [0.717, 1.165) is 11.3 Å². The van der Waals surface area contributed by atoms with Gasteiger partial charge in [0.25, 0.3) is 0 Å². The Morgan fingerprint density at radius 3 is 2.15 bits per heavy atom. The van der Waals surface area contributed by atoms with Crippen LogP contribution < -0.4 is 9.47 Å². The Balaban J connectivity index is 1.97. The molecule has 1 heterocycles. The van der Waals surface area contributed by atoms with Crippen LogP contribution in [0.2, 0.25) is 0 Å². The molecule has 0 radical (unpaired) electrons. The lowest BCUT2D eigenvalue weighted by Gasteiger charge is -2.11. The molecule has 2 aromatic carbocycles. The molecule has 0 saturated carbocycles. The standard InChI is InChI=1S/C18H14ClF3N2O2/c1-25-15-6-2-12(3-7-15)17-10-13(11-19)23-24(17)14-4-8-16(9-5-14)26-18(20,21)22/h2-10H,11H2,1H3. The van der Waals surface area contributed by atoms with Crippen LogP contribution in [0.3, 0.4) is 0 Å². The predicted molar refractivity (Wildman–Crippen MR) is 91.8 cm³/mol. The second-order valence-corrected chi connectivity index (χ2v) is 5.60. The molecule has 1 aromatic heterocycles. The third-order valence-corrected chi connectivity index (χ3v) is 3.87. The molecule has 0 bridgehead atoms. The van der Waals surface area contributed by atoms with E-state index in [9.17, 15) is 13.2 Å². The van der Waals surface area contributed by atoms with Crippen molar-refractivity contribution >= 4 is 11.6 Å². The highest BCUT2D eigenvalue weighted by atomic mass is 35.5. The molecule has 3 rings (SSSR count). The topological polar surface area (TPSA) is 36.3 Å². The van der Waals surface area contributed by atoms with Gasteiger partial charge in [0, 0.05) is 5.56 Å². The zero-order valence-corrected chi connectivity index (χ0v) is 14.4. The monoisotopic (exact) mass is 382 g/mol. The van der Waals surface area contributed by atoms with Gasteiger partial charge in [-0.05, 0) is 54.6 Å². The van der Waals surface area contributed by atoms with Gasteiger partial charge in [0.1, 0.15) is 11.5 Å². The second-order valence-electron chi connectivity index (χ2n) is 5.34. The highest BCUT2D eigenvalue weighted by Crippen LogP contribution is 2.28. The van der Waals surface area contributed by atoms with E-state index in [1.54, 1.807) is 11.8 Å². The van der Waals surface area contributed by atoms with Gasteiger partial charge in [0.2, 0.25) is 0 Å². The minimum atomic E-state index is -4.73. The fraction of sp³-hybridized carbons (Fsp3) is 0.167. The van der Waals surface area contributed by atoms with Crippen LogP contribution >= 0.6 is 11.6 Å². The number of methoxy groups -OCH3 is 1. The lowest BCUT2D eigenvalue weighted by Crippen LogP contribution is -2.17. The van der Waals surface area contributed by atoms with E-state index in [2.05, 4.69) is 9.84 Å². The van der Waals surface area contributed by atoms with Gasteiger partial charge >= 0.3 is 6.36 Å². The van der Waals surface area contributed by atoms with Crippen molar-refractivity contribution < 1.29 is 22.6 Å². The average molecular weight is 383 g/mol. The van der Waals surface area contributed by atoms with Crippen LogP contribution in [-0.4, -0.2) is 23.3 Å². The minimum absolute atomic E-state index is 0.214. The SMILES string of the molecule is COc1ccc(-c2cc(CCl)nn2-c2ccc(OC(F)(F)F)cc2)cc1. The van der Waals surface area contributed by atoms with E-state index in [1.807, 2.05) is 30.3 Å². The molecule has 0 aliphatic heterocycles. The Bertz CT molecular complexity index is 875. The number of alkyl halides is 4. The van der Waals surface area contributed by atoms with Crippen LogP contribution in [-0.2, 0) is 5.88 Å². The van der Waals surface area contributed by atoms with Crippen molar-refractivity contribution in [3.8, 4) is 28.4 Å². The van der Waals surface area contributed by atoms with Gasteiger partial charge in [0.05, 0.1) is 30.1 Å². The summed E-state index contributed by atoms with van der Waals surface area (Å²) in [6.07, 6.45) is -4.73. The van der Waals surface area contributed by atoms with E-state index < -0.39 is 6.36 Å². The fourth-order valence-corrected chi connectivity index (χ4v) is 2.58. The molecule has 0 unspecified atom stereocenters. The molecule has 3 aromatic rings. The Hall–Kier alpha value is -2.67. The number of halogens is 4. The van der Waals surface area contributed by atoms with E-state index in [4.69, 9.17) is 16.3 Å². The van der Waals surface area contributed by atoms with Gasteiger partial charge in [-0.3, -0.25) is 0 Å². The molecule has 0 atom stereocenters. The van der Waals surface area contributed by atoms with E-state index in [1.165, 1.54) is 24.3 Å². The lowest BCUT2D eigenvalue weighted by atomic mass is 10.1. The number of hydrogen-bond donors (Lipinski definition) is 0. The molecule has 0 spiro atoms. The van der Waals surface area contributed by atoms with Gasteiger partial charge in [-0.2, -0.15) is 5.10 Å². The molecule has 0 amide bonds. The molecular weight excluding hydrogens is 369 g/mol. The van der Waals surface area contributed by atoms with E-state index >= 15 is 0 Å². The minimum Gasteiger partial charge on any atom is -0.497 e. The normalized spacial score (nSPS) is 11.4. The molecule has 26 heavy (non-hydrogen) atoms. The van der Waals surface area contributed by atoms with E-state index in [-0.39, 0.29) is 11.6 Å². The van der Waals surface area contributed by atoms with Crippen molar-refractivity contribution in [1.82, 2.24) is 9.78 Å². The first-order chi connectivity index (χ1) is 12.4. The first kappa shape index (κ1) is 18.1. The van der Waals surface area contributed by atoms with Crippen molar-refractivity contribution in [2.75, 3.05) is 7.11 Å². The van der Waals surface area contributed by atoms with Crippen LogP contribution in [0.25, 0.3) is 16.9 Å². The third kappa shape index (κ3) is 4.11. The third-order valence-electron chi connectivity index (χ3n) is 3.60. The van der Waals surface area contributed by atoms with Gasteiger partial charge in [-0.15, -0.1) is 24.8 Å². The molecule has 136 valence electrons. The largest absolute Gasteiger partial charge is 0.573 e. The first-order valence-electron chi connectivity index (χ1n) is 7.55. The van der Waals surface area contributed by atoms with Crippen LogP contribution in [0.1, 0.15) is 5.69 Å². The molecular formula is C18H14ClF3N2O2. The summed E-state index contributed by atoms with van der Waals surface area (Å²) in [7, 11) is 1.58. The summed E-state index contributed by atoms with van der Waals surface area (Å²) in [6, 6.07) is 14.7. The van der Waals surface area contributed by atoms with Crippen LogP contribution in [0.5, 0.6) is 11.5 Å². The number of aromatic nitrogens is 2. The number of nitrogens with zero attached hydrogens (tertiary/aromatic N) is 2. The molecule has 0 aliphatic rings. The van der Waals surface area contributed by atoms with Crippen LogP contribution in [0, 0.1) is 0 Å². The van der Waals surface area contributed by atoms with Crippen molar-refractivity contribution in [2.24, 2.45) is 0 Å². The van der Waals surface area contributed by atoms with E-state index in [0.29, 0.717) is 17.1 Å². The molecule has 0 aliphatic carbocycles. The molecule has 0 fully saturated rings. The highest BCUT2D eigenvalue weighted by Gasteiger charge is 2.31. The van der Waals surface area contributed by atoms with Crippen LogP contribution in [0.4, 0.5) is 13.2 Å². The molecule has 8 heteroatoms. The maximum absolute atomic E-state index is 12.3. The summed E-state index contributed by atoms with van der Waals surface area (Å²) in [5.41, 5.74) is 2.85. The second kappa shape index (κ2) is 7.29. The Labute approximate surface area is 152 Å². The van der Waals surface area contributed by atoms with Crippen molar-refractivity contribution in [3.05, 3.63) is 60.3 Å². The average Bonchev–Trinajstić information content (AvgIpc) is 3.05. The van der Waals surface area contributed by atoms with Crippen molar-refractivity contribution in [2.45, 2.75) is 12.2 Å². The molecule has 0 saturated heterocycles. The summed E-state index contributed by atoms with van der Waals surface area (Å²) >= 11 is 5.89. The summed E-state index contributed by atoms with van der Waals surface area (Å²) in [4.78, 5) is 0. The quantitative estimate of drug-likeness (QED) is 0.570. The fourth-order valence-electron chi connectivity index (χ4n) is 2.45. The Kier molecular flexibility index (Phi) is 5.08. The first-order valence-corrected chi connectivity index (χ1v) is 8.08. The highest BCUT2D eigenvalue weighted by molar-refractivity contribution is 6.16. The number of rotatable bonds is 5. The van der Waals surface area contributed by atoms with Gasteiger partial charge in [-0.25, -0.2) is 4.68 Å². The summed E-state index contributed by atoms with van der Waals surface area (Å²) in [5, 5.41) is 4.41. The summed E-state index contributed by atoms with van der Waals surface area (Å²) in [5.74, 6) is 0.633. The number of benzene rings is 2. The number of ether oxygens (including phenoxy) is 2. The predicted octanol–water partition coefficient (Wildman–Crippen LogP) is 5.19. The van der Waals surface area contributed by atoms with Crippen molar-refractivity contribution in [3.63, 3.8) is 0 Å². The molecule has 4 nitrogen and oxygen atoms in total. The maximum Gasteiger partial charge on any atom is 0.573 e. The zero-order chi connectivity index (χ0) is 18.7. The summed E-state index contributed by atoms with van der Waals surface area (Å²) in [6.45, 7) is 0. The van der Waals surface area contributed by atoms with Crippen LogP contribution in [0.15, 0.2) is 54.6 Å².